The Hall–Kier alpha value is -0.880. The van der Waals surface area contributed by atoms with Gasteiger partial charge in [0.15, 0.2) is 11.6 Å². The minimum absolute atomic E-state index is 0.496. The lowest BCUT2D eigenvalue weighted by Crippen LogP contribution is -2.06. The molecular weight excluding hydrogens is 396 g/mol. The lowest BCUT2D eigenvalue weighted by Gasteiger charge is -2.18. The van der Waals surface area contributed by atoms with E-state index in [1.165, 1.54) is 32.1 Å². The summed E-state index contributed by atoms with van der Waals surface area (Å²) in [5.41, 5.74) is 7.80. The van der Waals surface area contributed by atoms with Crippen molar-refractivity contribution in [2.75, 3.05) is 5.73 Å². The van der Waals surface area contributed by atoms with Gasteiger partial charge in [0.25, 0.3) is 0 Å². The van der Waals surface area contributed by atoms with Crippen LogP contribution in [-0.2, 0) is 7.05 Å². The van der Waals surface area contributed by atoms with Gasteiger partial charge in [-0.2, -0.15) is 5.10 Å². The maximum atomic E-state index is 6.19. The highest BCUT2D eigenvalue weighted by atomic mass is 79.9. The number of hydrogen-bond donors (Lipinski definition) is 1. The van der Waals surface area contributed by atoms with Crippen molar-refractivity contribution in [3.05, 3.63) is 26.9 Å². The number of hydrogen-bond acceptors (Lipinski definition) is 3. The van der Waals surface area contributed by atoms with E-state index in [2.05, 4.69) is 37.0 Å². The summed E-state index contributed by atoms with van der Waals surface area (Å²) in [6, 6.07) is 3.94. The van der Waals surface area contributed by atoms with Crippen LogP contribution in [0.2, 0.25) is 0 Å². The lowest BCUT2D eigenvalue weighted by molar-refractivity contribution is 0.427. The Morgan fingerprint density at radius 2 is 1.90 bits per heavy atom. The summed E-state index contributed by atoms with van der Waals surface area (Å²) in [4.78, 5) is 4.78. The molecule has 4 nitrogen and oxygen atoms in total. The van der Waals surface area contributed by atoms with Crippen molar-refractivity contribution >= 4 is 37.5 Å². The predicted molar refractivity (Wildman–Crippen MR) is 92.1 cm³/mol. The van der Waals surface area contributed by atoms with Crippen LogP contribution in [0.1, 0.15) is 43.8 Å². The number of nitrogens with zero attached hydrogens (tertiary/aromatic N) is 3. The molecule has 1 aromatic carbocycles. The number of anilines is 1. The predicted octanol–water partition coefficient (Wildman–Crippen LogP) is 4.64. The van der Waals surface area contributed by atoms with E-state index in [1.54, 1.807) is 0 Å². The van der Waals surface area contributed by atoms with Crippen LogP contribution in [0.5, 0.6) is 0 Å². The van der Waals surface area contributed by atoms with E-state index >= 15 is 0 Å². The number of nitrogen functional groups attached to an aromatic ring is 1. The average Bonchev–Trinajstić information content (AvgIpc) is 2.86. The molecular formula is C15H18Br2N4. The smallest absolute Gasteiger partial charge is 0.160 e. The second kappa shape index (κ2) is 6.08. The molecule has 112 valence electrons. The molecule has 2 N–H and O–H groups in total. The molecule has 1 aliphatic carbocycles. The van der Waals surface area contributed by atoms with Gasteiger partial charge in [-0.3, -0.25) is 0 Å². The third-order valence-corrected chi connectivity index (χ3v) is 5.20. The Balaban J connectivity index is 2.01. The zero-order chi connectivity index (χ0) is 15.0. The van der Waals surface area contributed by atoms with E-state index in [4.69, 9.17) is 10.7 Å². The second-order valence-corrected chi connectivity index (χ2v) is 7.37. The first-order valence-corrected chi connectivity index (χ1v) is 8.80. The maximum Gasteiger partial charge on any atom is 0.160 e. The molecule has 3 rings (SSSR count). The van der Waals surface area contributed by atoms with Gasteiger partial charge in [-0.05, 0) is 40.9 Å². The molecule has 0 radical (unpaired) electrons. The molecule has 1 saturated carbocycles. The van der Waals surface area contributed by atoms with Crippen molar-refractivity contribution in [3.8, 4) is 11.4 Å². The molecule has 0 bridgehead atoms. The molecule has 2 aromatic rings. The second-order valence-electron chi connectivity index (χ2n) is 5.60. The van der Waals surface area contributed by atoms with E-state index in [0.29, 0.717) is 11.6 Å². The fraction of sp³-hybridized carbons (Fsp3) is 0.467. The van der Waals surface area contributed by atoms with Crippen LogP contribution in [0.25, 0.3) is 11.4 Å². The van der Waals surface area contributed by atoms with Crippen LogP contribution in [0.15, 0.2) is 21.1 Å². The van der Waals surface area contributed by atoms with Gasteiger partial charge < -0.3 is 5.73 Å². The topological polar surface area (TPSA) is 56.7 Å². The Bertz CT molecular complexity index is 660. The highest BCUT2D eigenvalue weighted by Gasteiger charge is 2.22. The van der Waals surface area contributed by atoms with Gasteiger partial charge in [0.2, 0.25) is 0 Å². The fourth-order valence-electron chi connectivity index (χ4n) is 2.94. The molecule has 0 atom stereocenters. The number of nitrogens with two attached hydrogens (primary N) is 1. The molecule has 0 aliphatic heterocycles. The minimum Gasteiger partial charge on any atom is -0.397 e. The number of aryl methyl sites for hydroxylation is 1. The summed E-state index contributed by atoms with van der Waals surface area (Å²) in [6.07, 6.45) is 6.29. The lowest BCUT2D eigenvalue weighted by atomic mass is 9.89. The van der Waals surface area contributed by atoms with E-state index in [-0.39, 0.29) is 0 Å². The van der Waals surface area contributed by atoms with Crippen molar-refractivity contribution in [2.45, 2.75) is 38.0 Å². The average molecular weight is 414 g/mol. The van der Waals surface area contributed by atoms with Gasteiger partial charge >= 0.3 is 0 Å². The molecule has 1 aliphatic rings. The van der Waals surface area contributed by atoms with Crippen LogP contribution in [-0.4, -0.2) is 14.8 Å². The van der Waals surface area contributed by atoms with Crippen molar-refractivity contribution in [1.82, 2.24) is 14.8 Å². The molecule has 1 heterocycles. The van der Waals surface area contributed by atoms with Crippen molar-refractivity contribution < 1.29 is 0 Å². The van der Waals surface area contributed by atoms with Crippen molar-refractivity contribution in [3.63, 3.8) is 0 Å². The van der Waals surface area contributed by atoms with E-state index in [0.717, 1.165) is 26.2 Å². The van der Waals surface area contributed by atoms with Gasteiger partial charge in [-0.25, -0.2) is 9.67 Å². The van der Waals surface area contributed by atoms with Gasteiger partial charge in [-0.15, -0.1) is 0 Å². The summed E-state index contributed by atoms with van der Waals surface area (Å²) in [7, 11) is 1.93. The Kier molecular flexibility index (Phi) is 4.36. The molecule has 0 spiro atoms. The summed E-state index contributed by atoms with van der Waals surface area (Å²) in [5, 5.41) is 4.63. The first kappa shape index (κ1) is 15.0. The molecule has 21 heavy (non-hydrogen) atoms. The molecule has 6 heteroatoms. The van der Waals surface area contributed by atoms with Gasteiger partial charge in [0.05, 0.1) is 5.69 Å². The number of halogens is 2. The first-order chi connectivity index (χ1) is 10.1. The molecule has 0 unspecified atom stereocenters. The third kappa shape index (κ3) is 3.01. The minimum atomic E-state index is 0.496. The Labute approximate surface area is 141 Å². The summed E-state index contributed by atoms with van der Waals surface area (Å²) in [6.45, 7) is 0. The Morgan fingerprint density at radius 1 is 1.19 bits per heavy atom. The monoisotopic (exact) mass is 412 g/mol. The van der Waals surface area contributed by atoms with Gasteiger partial charge in [-0.1, -0.05) is 35.2 Å². The molecule has 1 fully saturated rings. The first-order valence-electron chi connectivity index (χ1n) is 7.22. The zero-order valence-electron chi connectivity index (χ0n) is 11.9. The zero-order valence-corrected chi connectivity index (χ0v) is 15.1. The SMILES string of the molecule is Cn1nc(C2CCCCC2)nc1-c1cc(Br)cc(Br)c1N. The van der Waals surface area contributed by atoms with Crippen LogP contribution < -0.4 is 5.73 Å². The third-order valence-electron chi connectivity index (χ3n) is 4.08. The molecule has 0 saturated heterocycles. The largest absolute Gasteiger partial charge is 0.397 e. The van der Waals surface area contributed by atoms with E-state index in [1.807, 2.05) is 23.9 Å². The van der Waals surface area contributed by atoms with Crippen LogP contribution in [0.3, 0.4) is 0 Å². The van der Waals surface area contributed by atoms with E-state index in [9.17, 15) is 0 Å². The summed E-state index contributed by atoms with van der Waals surface area (Å²) >= 11 is 7.00. The quantitative estimate of drug-likeness (QED) is 0.729. The molecule has 1 aromatic heterocycles. The maximum absolute atomic E-state index is 6.19. The summed E-state index contributed by atoms with van der Waals surface area (Å²) < 4.78 is 3.68. The summed E-state index contributed by atoms with van der Waals surface area (Å²) in [5.74, 6) is 2.29. The van der Waals surface area contributed by atoms with Crippen LogP contribution in [0, 0.1) is 0 Å². The standard InChI is InChI=1S/C15H18Br2N4/c1-21-15(11-7-10(16)8-12(17)13(11)18)19-14(20-21)9-5-3-2-4-6-9/h7-9H,2-6,18H2,1H3. The van der Waals surface area contributed by atoms with Crippen LogP contribution in [0.4, 0.5) is 5.69 Å². The highest BCUT2D eigenvalue weighted by molar-refractivity contribution is 9.11. The highest BCUT2D eigenvalue weighted by Crippen LogP contribution is 2.36. The molecule has 0 amide bonds. The Morgan fingerprint density at radius 3 is 2.62 bits per heavy atom. The normalized spacial score (nSPS) is 16.3. The number of benzene rings is 1. The van der Waals surface area contributed by atoms with Gasteiger partial charge in [0, 0.05) is 27.5 Å². The van der Waals surface area contributed by atoms with Gasteiger partial charge in [0.1, 0.15) is 0 Å². The van der Waals surface area contributed by atoms with E-state index < -0.39 is 0 Å². The number of aromatic nitrogens is 3. The van der Waals surface area contributed by atoms with Crippen LogP contribution >= 0.6 is 31.9 Å². The van der Waals surface area contributed by atoms with Crippen molar-refractivity contribution in [1.29, 1.82) is 0 Å². The fourth-order valence-corrected chi connectivity index (χ4v) is 4.17. The number of rotatable bonds is 2. The van der Waals surface area contributed by atoms with Crippen molar-refractivity contribution in [2.24, 2.45) is 7.05 Å².